The van der Waals surface area contributed by atoms with Crippen LogP contribution < -0.4 is 11.1 Å². The number of rotatable bonds is 5. The van der Waals surface area contributed by atoms with Crippen LogP contribution >= 0.6 is 11.3 Å². The number of nitrogens with one attached hydrogen (secondary N) is 1. The second kappa shape index (κ2) is 7.10. The van der Waals surface area contributed by atoms with Crippen molar-refractivity contribution in [2.24, 2.45) is 0 Å². The van der Waals surface area contributed by atoms with E-state index in [0.29, 0.717) is 22.3 Å². The molecule has 0 aliphatic heterocycles. The van der Waals surface area contributed by atoms with Crippen LogP contribution in [0.15, 0.2) is 30.3 Å². The summed E-state index contributed by atoms with van der Waals surface area (Å²) in [6.07, 6.45) is 3.04. The molecule has 3 rings (SSSR count). The zero-order chi connectivity index (χ0) is 16.2. The third-order valence-electron chi connectivity index (χ3n) is 4.10. The Balaban J connectivity index is 1.58. The molecular weight excluding hydrogens is 310 g/mol. The highest BCUT2D eigenvalue weighted by Gasteiger charge is 2.30. The molecule has 2 atom stereocenters. The molecule has 0 spiro atoms. The average Bonchev–Trinajstić information content (AvgIpc) is 3.12. The van der Waals surface area contributed by atoms with Gasteiger partial charge in [-0.25, -0.2) is 4.98 Å². The number of nitrogens with two attached hydrogens (primary N) is 1. The first kappa shape index (κ1) is 16.0. The maximum atomic E-state index is 12.4. The molecule has 1 aliphatic rings. The third-order valence-corrected chi connectivity index (χ3v) is 5.08. The number of hydrogen-bond donors (Lipinski definition) is 2. The van der Waals surface area contributed by atoms with E-state index in [9.17, 15) is 4.79 Å². The van der Waals surface area contributed by atoms with Crippen LogP contribution in [0.1, 0.15) is 40.2 Å². The highest BCUT2D eigenvalue weighted by Crippen LogP contribution is 2.25. The topological polar surface area (TPSA) is 77.2 Å². The Labute approximate surface area is 139 Å². The standard InChI is InChI=1S/C17H21N3O2S/c1-11-15(23-17(18)19-11)16(21)20-13-8-5-9-14(13)22-10-12-6-3-2-4-7-12/h2-4,6-7,13-14H,5,8-10H2,1H3,(H2,18,19)(H,20,21)/t13-,14-/m0/s1. The molecule has 1 fully saturated rings. The summed E-state index contributed by atoms with van der Waals surface area (Å²) in [7, 11) is 0. The van der Waals surface area contributed by atoms with Crippen LogP contribution in [0.5, 0.6) is 0 Å². The van der Waals surface area contributed by atoms with Crippen LogP contribution in [-0.2, 0) is 11.3 Å². The van der Waals surface area contributed by atoms with Crippen LogP contribution in [0, 0.1) is 6.92 Å². The molecule has 6 heteroatoms. The number of amides is 1. The van der Waals surface area contributed by atoms with Gasteiger partial charge < -0.3 is 15.8 Å². The minimum atomic E-state index is -0.100. The van der Waals surface area contributed by atoms with Crippen LogP contribution in [0.4, 0.5) is 5.13 Å². The first-order valence-corrected chi connectivity index (χ1v) is 8.64. The maximum Gasteiger partial charge on any atom is 0.263 e. The summed E-state index contributed by atoms with van der Waals surface area (Å²) < 4.78 is 6.02. The van der Waals surface area contributed by atoms with Crippen molar-refractivity contribution in [3.63, 3.8) is 0 Å². The van der Waals surface area contributed by atoms with Gasteiger partial charge in [0.1, 0.15) is 4.88 Å². The fraction of sp³-hybridized carbons (Fsp3) is 0.412. The summed E-state index contributed by atoms with van der Waals surface area (Å²) in [5.41, 5.74) is 7.50. The van der Waals surface area contributed by atoms with Crippen LogP contribution in [-0.4, -0.2) is 23.0 Å². The molecule has 1 saturated carbocycles. The van der Waals surface area contributed by atoms with Gasteiger partial charge in [0.15, 0.2) is 5.13 Å². The van der Waals surface area contributed by atoms with Crippen molar-refractivity contribution in [1.29, 1.82) is 0 Å². The van der Waals surface area contributed by atoms with Crippen LogP contribution in [0.2, 0.25) is 0 Å². The molecule has 1 aromatic heterocycles. The first-order chi connectivity index (χ1) is 11.1. The van der Waals surface area contributed by atoms with E-state index < -0.39 is 0 Å². The summed E-state index contributed by atoms with van der Waals surface area (Å²) in [5.74, 6) is -0.100. The summed E-state index contributed by atoms with van der Waals surface area (Å²) in [6, 6.07) is 10.1. The molecule has 1 aromatic carbocycles. The van der Waals surface area contributed by atoms with Crippen molar-refractivity contribution in [3.8, 4) is 0 Å². The minimum Gasteiger partial charge on any atom is -0.375 e. The fourth-order valence-corrected chi connectivity index (χ4v) is 3.67. The molecule has 0 saturated heterocycles. The largest absolute Gasteiger partial charge is 0.375 e. The molecule has 0 unspecified atom stereocenters. The predicted octanol–water partition coefficient (Wildman–Crippen LogP) is 2.90. The van der Waals surface area contributed by atoms with Gasteiger partial charge in [0, 0.05) is 0 Å². The molecule has 2 aromatic rings. The monoisotopic (exact) mass is 331 g/mol. The van der Waals surface area contributed by atoms with Gasteiger partial charge in [0.25, 0.3) is 5.91 Å². The Hall–Kier alpha value is -1.92. The number of carbonyl (C=O) groups is 1. The zero-order valence-electron chi connectivity index (χ0n) is 13.1. The van der Waals surface area contributed by atoms with E-state index in [1.54, 1.807) is 6.92 Å². The lowest BCUT2D eigenvalue weighted by molar-refractivity contribution is 0.0272. The van der Waals surface area contributed by atoms with Gasteiger partial charge in [-0.1, -0.05) is 41.7 Å². The molecule has 5 nitrogen and oxygen atoms in total. The number of nitrogen functional groups attached to an aromatic ring is 1. The Morgan fingerprint density at radius 2 is 2.17 bits per heavy atom. The number of ether oxygens (including phenoxy) is 1. The molecule has 122 valence electrons. The summed E-state index contributed by atoms with van der Waals surface area (Å²) >= 11 is 1.23. The molecule has 1 amide bonds. The van der Waals surface area contributed by atoms with E-state index in [1.807, 2.05) is 30.3 Å². The number of benzene rings is 1. The van der Waals surface area contributed by atoms with E-state index >= 15 is 0 Å². The lowest BCUT2D eigenvalue weighted by Crippen LogP contribution is -2.41. The average molecular weight is 331 g/mol. The molecular formula is C17H21N3O2S. The Bertz CT molecular complexity index is 672. The molecule has 1 heterocycles. The fourth-order valence-electron chi connectivity index (χ4n) is 2.93. The van der Waals surface area contributed by atoms with Crippen molar-refractivity contribution >= 4 is 22.4 Å². The number of thiazole rings is 1. The molecule has 1 aliphatic carbocycles. The number of carbonyl (C=O) groups excluding carboxylic acids is 1. The van der Waals surface area contributed by atoms with Gasteiger partial charge >= 0.3 is 0 Å². The number of aryl methyl sites for hydroxylation is 1. The highest BCUT2D eigenvalue weighted by molar-refractivity contribution is 7.17. The van der Waals surface area contributed by atoms with E-state index in [1.165, 1.54) is 11.3 Å². The van der Waals surface area contributed by atoms with E-state index in [0.717, 1.165) is 24.8 Å². The summed E-state index contributed by atoms with van der Waals surface area (Å²) in [5, 5.41) is 3.51. The quantitative estimate of drug-likeness (QED) is 0.883. The van der Waals surface area contributed by atoms with Crippen molar-refractivity contribution in [3.05, 3.63) is 46.5 Å². The predicted molar refractivity (Wildman–Crippen MR) is 91.4 cm³/mol. The summed E-state index contributed by atoms with van der Waals surface area (Å²) in [6.45, 7) is 2.38. The normalized spacial score (nSPS) is 20.6. The van der Waals surface area contributed by atoms with Gasteiger partial charge in [-0.05, 0) is 31.7 Å². The minimum absolute atomic E-state index is 0.0499. The van der Waals surface area contributed by atoms with E-state index in [4.69, 9.17) is 10.5 Å². The Kier molecular flexibility index (Phi) is 4.93. The lowest BCUT2D eigenvalue weighted by atomic mass is 10.2. The van der Waals surface area contributed by atoms with E-state index in [-0.39, 0.29) is 18.1 Å². The zero-order valence-corrected chi connectivity index (χ0v) is 13.9. The highest BCUT2D eigenvalue weighted by atomic mass is 32.1. The lowest BCUT2D eigenvalue weighted by Gasteiger charge is -2.21. The van der Waals surface area contributed by atoms with Gasteiger partial charge in [0.2, 0.25) is 0 Å². The van der Waals surface area contributed by atoms with Crippen LogP contribution in [0.3, 0.4) is 0 Å². The third kappa shape index (κ3) is 3.89. The molecule has 23 heavy (non-hydrogen) atoms. The second-order valence-corrected chi connectivity index (χ2v) is 6.84. The first-order valence-electron chi connectivity index (χ1n) is 7.83. The SMILES string of the molecule is Cc1nc(N)sc1C(=O)N[C@H]1CCC[C@@H]1OCc1ccccc1. The maximum absolute atomic E-state index is 12.4. The van der Waals surface area contributed by atoms with Crippen molar-refractivity contribution in [2.75, 3.05) is 5.73 Å². The molecule has 0 bridgehead atoms. The smallest absolute Gasteiger partial charge is 0.263 e. The number of aromatic nitrogens is 1. The van der Waals surface area contributed by atoms with Gasteiger partial charge in [-0.3, -0.25) is 4.79 Å². The van der Waals surface area contributed by atoms with Crippen molar-refractivity contribution in [2.45, 2.75) is 44.9 Å². The molecule has 0 radical (unpaired) electrons. The van der Waals surface area contributed by atoms with Gasteiger partial charge in [0.05, 0.1) is 24.4 Å². The summed E-state index contributed by atoms with van der Waals surface area (Å²) in [4.78, 5) is 17.1. The second-order valence-electron chi connectivity index (χ2n) is 5.81. The van der Waals surface area contributed by atoms with Gasteiger partial charge in [-0.2, -0.15) is 0 Å². The number of hydrogen-bond acceptors (Lipinski definition) is 5. The Morgan fingerprint density at radius 3 is 2.87 bits per heavy atom. The number of anilines is 1. The van der Waals surface area contributed by atoms with E-state index in [2.05, 4.69) is 10.3 Å². The Morgan fingerprint density at radius 1 is 1.39 bits per heavy atom. The van der Waals surface area contributed by atoms with Crippen LogP contribution in [0.25, 0.3) is 0 Å². The van der Waals surface area contributed by atoms with Crippen molar-refractivity contribution < 1.29 is 9.53 Å². The number of nitrogens with zero attached hydrogens (tertiary/aromatic N) is 1. The van der Waals surface area contributed by atoms with Crippen molar-refractivity contribution in [1.82, 2.24) is 10.3 Å². The van der Waals surface area contributed by atoms with Gasteiger partial charge in [-0.15, -0.1) is 0 Å². The molecule has 3 N–H and O–H groups in total.